The van der Waals surface area contributed by atoms with Gasteiger partial charge in [0.2, 0.25) is 0 Å². The van der Waals surface area contributed by atoms with Gasteiger partial charge < -0.3 is 10.1 Å². The van der Waals surface area contributed by atoms with Crippen LogP contribution in [-0.4, -0.2) is 17.4 Å². The number of halogens is 1. The minimum atomic E-state index is -0.587. The molecule has 0 bridgehead atoms. The SMILES string of the molecule is N#Cc1cccc(OCC(=O)Nc2cc([N+](=O)[O-])ccc2Cl)c1. The third-order valence-corrected chi connectivity index (χ3v) is 3.10. The van der Waals surface area contributed by atoms with Crippen molar-refractivity contribution >= 4 is 28.9 Å². The Kier molecular flexibility index (Phi) is 5.12. The van der Waals surface area contributed by atoms with E-state index in [-0.39, 0.29) is 23.0 Å². The normalized spacial score (nSPS) is 9.74. The van der Waals surface area contributed by atoms with Crippen LogP contribution in [0.1, 0.15) is 5.56 Å². The van der Waals surface area contributed by atoms with Crippen LogP contribution in [0, 0.1) is 21.4 Å². The van der Waals surface area contributed by atoms with Crippen LogP contribution in [0.15, 0.2) is 42.5 Å². The van der Waals surface area contributed by atoms with Gasteiger partial charge in [-0.05, 0) is 24.3 Å². The Balaban J connectivity index is 2.01. The molecule has 0 fully saturated rings. The number of benzene rings is 2. The van der Waals surface area contributed by atoms with Crippen LogP contribution in [0.2, 0.25) is 5.02 Å². The number of nitriles is 1. The number of non-ortho nitro benzene ring substituents is 1. The average Bonchev–Trinajstić information content (AvgIpc) is 2.55. The van der Waals surface area contributed by atoms with E-state index in [1.165, 1.54) is 18.2 Å². The topological polar surface area (TPSA) is 105 Å². The predicted molar refractivity (Wildman–Crippen MR) is 83.4 cm³/mol. The van der Waals surface area contributed by atoms with Gasteiger partial charge >= 0.3 is 0 Å². The molecule has 0 unspecified atom stereocenters. The molecule has 0 atom stereocenters. The summed E-state index contributed by atoms with van der Waals surface area (Å²) >= 11 is 5.89. The number of nitro groups is 1. The molecular formula is C15H10ClN3O4. The van der Waals surface area contributed by atoms with Gasteiger partial charge in [-0.2, -0.15) is 5.26 Å². The number of amides is 1. The van der Waals surface area contributed by atoms with Crippen LogP contribution >= 0.6 is 11.6 Å². The summed E-state index contributed by atoms with van der Waals surface area (Å²) in [6, 6.07) is 12.0. The maximum absolute atomic E-state index is 11.8. The first kappa shape index (κ1) is 16.3. The highest BCUT2D eigenvalue weighted by Gasteiger charge is 2.12. The summed E-state index contributed by atoms with van der Waals surface area (Å²) in [5, 5.41) is 22.1. The van der Waals surface area contributed by atoms with E-state index in [0.717, 1.165) is 6.07 Å². The zero-order valence-electron chi connectivity index (χ0n) is 11.7. The fourth-order valence-electron chi connectivity index (χ4n) is 1.71. The minimum absolute atomic E-state index is 0.125. The van der Waals surface area contributed by atoms with Crippen LogP contribution in [0.25, 0.3) is 0 Å². The van der Waals surface area contributed by atoms with Crippen molar-refractivity contribution < 1.29 is 14.5 Å². The minimum Gasteiger partial charge on any atom is -0.484 e. The number of carbonyl (C=O) groups is 1. The predicted octanol–water partition coefficient (Wildman–Crippen LogP) is 3.14. The van der Waals surface area contributed by atoms with Gasteiger partial charge in [0.25, 0.3) is 11.6 Å². The number of anilines is 1. The lowest BCUT2D eigenvalue weighted by atomic mass is 10.2. The third kappa shape index (κ3) is 4.43. The maximum atomic E-state index is 11.8. The second-order valence-electron chi connectivity index (χ2n) is 4.40. The highest BCUT2D eigenvalue weighted by atomic mass is 35.5. The van der Waals surface area contributed by atoms with Crippen molar-refractivity contribution in [3.8, 4) is 11.8 Å². The molecule has 1 N–H and O–H groups in total. The van der Waals surface area contributed by atoms with Gasteiger partial charge in [0, 0.05) is 12.1 Å². The molecular weight excluding hydrogens is 322 g/mol. The Bertz CT molecular complexity index is 802. The molecule has 0 aliphatic heterocycles. The number of ether oxygens (including phenoxy) is 1. The summed E-state index contributed by atoms with van der Waals surface area (Å²) in [7, 11) is 0. The molecule has 2 aromatic rings. The highest BCUT2D eigenvalue weighted by Crippen LogP contribution is 2.26. The molecule has 0 saturated carbocycles. The first-order valence-corrected chi connectivity index (χ1v) is 6.74. The molecule has 8 heteroatoms. The molecule has 0 aliphatic carbocycles. The number of hydrogen-bond donors (Lipinski definition) is 1. The standard InChI is InChI=1S/C15H10ClN3O4/c16-13-5-4-11(19(21)22)7-14(13)18-15(20)9-23-12-3-1-2-10(6-12)8-17/h1-7H,9H2,(H,18,20). The van der Waals surface area contributed by atoms with Gasteiger partial charge in [0.1, 0.15) is 5.75 Å². The lowest BCUT2D eigenvalue weighted by molar-refractivity contribution is -0.384. The van der Waals surface area contributed by atoms with E-state index in [2.05, 4.69) is 5.32 Å². The fraction of sp³-hybridized carbons (Fsp3) is 0.0667. The van der Waals surface area contributed by atoms with E-state index in [0.29, 0.717) is 11.3 Å². The Labute approximate surface area is 136 Å². The Morgan fingerprint density at radius 2 is 2.13 bits per heavy atom. The fourth-order valence-corrected chi connectivity index (χ4v) is 1.88. The number of nitrogens with one attached hydrogen (secondary N) is 1. The zero-order valence-corrected chi connectivity index (χ0v) is 12.4. The van der Waals surface area contributed by atoms with Crippen molar-refractivity contribution in [2.75, 3.05) is 11.9 Å². The van der Waals surface area contributed by atoms with Gasteiger partial charge in [-0.15, -0.1) is 0 Å². The molecule has 1 amide bonds. The zero-order chi connectivity index (χ0) is 16.8. The van der Waals surface area contributed by atoms with Gasteiger partial charge in [0.15, 0.2) is 6.61 Å². The average molecular weight is 332 g/mol. The number of nitrogens with zero attached hydrogens (tertiary/aromatic N) is 2. The lowest BCUT2D eigenvalue weighted by Gasteiger charge is -2.09. The van der Waals surface area contributed by atoms with Crippen molar-refractivity contribution in [1.29, 1.82) is 5.26 Å². The van der Waals surface area contributed by atoms with E-state index in [4.69, 9.17) is 21.6 Å². The Morgan fingerprint density at radius 1 is 1.35 bits per heavy atom. The van der Waals surface area contributed by atoms with Crippen molar-refractivity contribution in [2.24, 2.45) is 0 Å². The summed E-state index contributed by atoms with van der Waals surface area (Å²) < 4.78 is 5.26. The van der Waals surface area contributed by atoms with Gasteiger partial charge in [-0.25, -0.2) is 0 Å². The molecule has 0 radical (unpaired) electrons. The van der Waals surface area contributed by atoms with E-state index in [9.17, 15) is 14.9 Å². The van der Waals surface area contributed by atoms with Gasteiger partial charge in [0.05, 0.1) is 27.3 Å². The first-order valence-electron chi connectivity index (χ1n) is 6.36. The molecule has 7 nitrogen and oxygen atoms in total. The first-order chi connectivity index (χ1) is 11.0. The molecule has 23 heavy (non-hydrogen) atoms. The van der Waals surface area contributed by atoms with Crippen molar-refractivity contribution in [1.82, 2.24) is 0 Å². The lowest BCUT2D eigenvalue weighted by Crippen LogP contribution is -2.20. The third-order valence-electron chi connectivity index (χ3n) is 2.77. The van der Waals surface area contributed by atoms with Crippen LogP contribution in [0.3, 0.4) is 0 Å². The van der Waals surface area contributed by atoms with E-state index >= 15 is 0 Å². The van der Waals surface area contributed by atoms with E-state index in [1.54, 1.807) is 18.2 Å². The molecule has 0 aromatic heterocycles. The smallest absolute Gasteiger partial charge is 0.271 e. The Hall–Kier alpha value is -3.11. The summed E-state index contributed by atoms with van der Waals surface area (Å²) in [6.07, 6.45) is 0. The molecule has 0 saturated heterocycles. The largest absolute Gasteiger partial charge is 0.484 e. The molecule has 116 valence electrons. The maximum Gasteiger partial charge on any atom is 0.271 e. The van der Waals surface area contributed by atoms with Crippen LogP contribution in [0.5, 0.6) is 5.75 Å². The summed E-state index contributed by atoms with van der Waals surface area (Å²) in [5.41, 5.74) is 0.345. The number of rotatable bonds is 5. The number of carbonyl (C=O) groups excluding carboxylic acids is 1. The van der Waals surface area contributed by atoms with Gasteiger partial charge in [-0.3, -0.25) is 14.9 Å². The molecule has 0 heterocycles. The second-order valence-corrected chi connectivity index (χ2v) is 4.80. The van der Waals surface area contributed by atoms with Crippen molar-refractivity contribution in [2.45, 2.75) is 0 Å². The van der Waals surface area contributed by atoms with Gasteiger partial charge in [-0.1, -0.05) is 17.7 Å². The van der Waals surface area contributed by atoms with Crippen molar-refractivity contribution in [3.05, 3.63) is 63.2 Å². The molecule has 0 spiro atoms. The van der Waals surface area contributed by atoms with Crippen LogP contribution < -0.4 is 10.1 Å². The van der Waals surface area contributed by atoms with E-state index in [1.807, 2.05) is 6.07 Å². The second kappa shape index (κ2) is 7.24. The molecule has 0 aliphatic rings. The van der Waals surface area contributed by atoms with Crippen LogP contribution in [0.4, 0.5) is 11.4 Å². The highest BCUT2D eigenvalue weighted by molar-refractivity contribution is 6.33. The molecule has 2 aromatic carbocycles. The number of hydrogen-bond acceptors (Lipinski definition) is 5. The molecule has 2 rings (SSSR count). The monoisotopic (exact) mass is 331 g/mol. The van der Waals surface area contributed by atoms with Crippen molar-refractivity contribution in [3.63, 3.8) is 0 Å². The van der Waals surface area contributed by atoms with E-state index < -0.39 is 10.8 Å². The Morgan fingerprint density at radius 3 is 2.83 bits per heavy atom. The van der Waals surface area contributed by atoms with Crippen LogP contribution in [-0.2, 0) is 4.79 Å². The summed E-state index contributed by atoms with van der Waals surface area (Å²) in [6.45, 7) is -0.325. The summed E-state index contributed by atoms with van der Waals surface area (Å²) in [4.78, 5) is 22.0. The number of nitro benzene ring substituents is 1. The quantitative estimate of drug-likeness (QED) is 0.669. The summed E-state index contributed by atoms with van der Waals surface area (Å²) in [5.74, 6) is -0.168.